The van der Waals surface area contributed by atoms with Crippen molar-refractivity contribution in [3.8, 4) is 11.5 Å². The summed E-state index contributed by atoms with van der Waals surface area (Å²) in [6.07, 6.45) is 0.883. The van der Waals surface area contributed by atoms with Crippen LogP contribution in [0.5, 0.6) is 11.5 Å². The van der Waals surface area contributed by atoms with E-state index in [2.05, 4.69) is 5.32 Å². The molecule has 26 heavy (non-hydrogen) atoms. The van der Waals surface area contributed by atoms with Gasteiger partial charge in [-0.15, -0.1) is 0 Å². The third kappa shape index (κ3) is 5.13. The van der Waals surface area contributed by atoms with Crippen molar-refractivity contribution in [2.75, 3.05) is 25.1 Å². The molecule has 0 aliphatic carbocycles. The van der Waals surface area contributed by atoms with Gasteiger partial charge in [0.05, 0.1) is 19.6 Å². The molecule has 0 unspecified atom stereocenters. The lowest BCUT2D eigenvalue weighted by atomic mass is 10.1. The van der Waals surface area contributed by atoms with E-state index in [0.717, 1.165) is 12.0 Å². The fourth-order valence-electron chi connectivity index (χ4n) is 2.40. The first-order valence-electron chi connectivity index (χ1n) is 8.20. The topological polar surface area (TPSA) is 73.9 Å². The maximum atomic E-state index is 12.0. The number of carbonyl (C=O) groups excluding carboxylic acids is 2. The predicted octanol–water partition coefficient (Wildman–Crippen LogP) is 3.23. The second kappa shape index (κ2) is 8.58. The van der Waals surface area contributed by atoms with Gasteiger partial charge in [-0.25, -0.2) is 0 Å². The molecule has 0 bridgehead atoms. The standard InChI is InChI=1S/C19H18ClNO5/c20-14-4-2-13(3-5-14)10-19(23)26-12-18(22)21-15-6-7-16-17(11-15)25-9-1-8-24-16/h2-7,11H,1,8-10,12H2,(H,21,22). The summed E-state index contributed by atoms with van der Waals surface area (Å²) >= 11 is 5.80. The molecule has 0 aromatic heterocycles. The minimum Gasteiger partial charge on any atom is -0.490 e. The van der Waals surface area contributed by atoms with E-state index in [0.29, 0.717) is 35.4 Å². The molecule has 0 saturated heterocycles. The number of hydrogen-bond donors (Lipinski definition) is 1. The molecule has 2 aromatic carbocycles. The van der Waals surface area contributed by atoms with Crippen LogP contribution in [0.15, 0.2) is 42.5 Å². The van der Waals surface area contributed by atoms with Crippen molar-refractivity contribution in [3.05, 3.63) is 53.1 Å². The molecule has 1 N–H and O–H groups in total. The van der Waals surface area contributed by atoms with Crippen molar-refractivity contribution in [2.45, 2.75) is 12.8 Å². The van der Waals surface area contributed by atoms with E-state index in [-0.39, 0.29) is 13.0 Å². The summed E-state index contributed by atoms with van der Waals surface area (Å²) in [5.41, 5.74) is 1.32. The van der Waals surface area contributed by atoms with Crippen molar-refractivity contribution >= 4 is 29.2 Å². The molecule has 136 valence electrons. The molecule has 0 saturated carbocycles. The number of ether oxygens (including phenoxy) is 3. The quantitative estimate of drug-likeness (QED) is 0.812. The number of rotatable bonds is 5. The van der Waals surface area contributed by atoms with Gasteiger partial charge in [-0.2, -0.15) is 0 Å². The summed E-state index contributed by atoms with van der Waals surface area (Å²) in [5.74, 6) is 0.319. The molecule has 3 rings (SSSR count). The molecule has 7 heteroatoms. The number of fused-ring (bicyclic) bond motifs is 1. The van der Waals surface area contributed by atoms with Gasteiger partial charge in [0.15, 0.2) is 18.1 Å². The molecule has 1 heterocycles. The van der Waals surface area contributed by atoms with E-state index in [9.17, 15) is 9.59 Å². The van der Waals surface area contributed by atoms with Gasteiger partial charge >= 0.3 is 5.97 Å². The van der Waals surface area contributed by atoms with Crippen LogP contribution in [0.3, 0.4) is 0 Å². The number of amides is 1. The Balaban J connectivity index is 1.48. The number of anilines is 1. The van der Waals surface area contributed by atoms with Crippen LogP contribution in [0.2, 0.25) is 5.02 Å². The number of hydrogen-bond acceptors (Lipinski definition) is 5. The van der Waals surface area contributed by atoms with Crippen molar-refractivity contribution in [2.24, 2.45) is 0 Å². The lowest BCUT2D eigenvalue weighted by molar-refractivity contribution is -0.146. The van der Waals surface area contributed by atoms with Crippen LogP contribution < -0.4 is 14.8 Å². The van der Waals surface area contributed by atoms with Crippen molar-refractivity contribution in [3.63, 3.8) is 0 Å². The van der Waals surface area contributed by atoms with E-state index < -0.39 is 11.9 Å². The molecule has 0 fully saturated rings. The van der Waals surface area contributed by atoms with E-state index in [1.807, 2.05) is 0 Å². The van der Waals surface area contributed by atoms with Crippen LogP contribution in [-0.2, 0) is 20.7 Å². The number of carbonyl (C=O) groups is 2. The Morgan fingerprint density at radius 1 is 1.04 bits per heavy atom. The third-order valence-electron chi connectivity index (χ3n) is 3.66. The molecule has 1 aliphatic rings. The van der Waals surface area contributed by atoms with Gasteiger partial charge in [0.25, 0.3) is 5.91 Å². The largest absolute Gasteiger partial charge is 0.490 e. The Labute approximate surface area is 156 Å². The summed E-state index contributed by atoms with van der Waals surface area (Å²) in [5, 5.41) is 3.26. The highest BCUT2D eigenvalue weighted by molar-refractivity contribution is 6.30. The van der Waals surface area contributed by atoms with Gasteiger partial charge in [0.1, 0.15) is 0 Å². The van der Waals surface area contributed by atoms with E-state index >= 15 is 0 Å². The molecular formula is C19H18ClNO5. The summed E-state index contributed by atoms with van der Waals surface area (Å²) < 4.78 is 16.1. The average Bonchev–Trinajstić information content (AvgIpc) is 2.87. The maximum absolute atomic E-state index is 12.0. The SMILES string of the molecule is O=C(COC(=O)Cc1ccc(Cl)cc1)Nc1ccc2c(c1)OCCCO2. The molecule has 0 radical (unpaired) electrons. The number of halogens is 1. The van der Waals surface area contributed by atoms with Crippen LogP contribution in [-0.4, -0.2) is 31.7 Å². The molecular weight excluding hydrogens is 358 g/mol. The fraction of sp³-hybridized carbons (Fsp3) is 0.263. The van der Waals surface area contributed by atoms with Gasteiger partial charge in [0, 0.05) is 23.2 Å². The fourth-order valence-corrected chi connectivity index (χ4v) is 2.53. The zero-order chi connectivity index (χ0) is 18.4. The molecule has 2 aromatic rings. The summed E-state index contributed by atoms with van der Waals surface area (Å²) in [6.45, 7) is 0.801. The van der Waals surface area contributed by atoms with E-state index in [1.165, 1.54) is 0 Å². The zero-order valence-corrected chi connectivity index (χ0v) is 14.8. The Hall–Kier alpha value is -2.73. The first kappa shape index (κ1) is 18.1. The molecule has 0 atom stereocenters. The maximum Gasteiger partial charge on any atom is 0.310 e. The highest BCUT2D eigenvalue weighted by Gasteiger charge is 2.13. The molecule has 0 spiro atoms. The van der Waals surface area contributed by atoms with Crippen molar-refractivity contribution in [1.82, 2.24) is 0 Å². The van der Waals surface area contributed by atoms with Crippen LogP contribution in [0.25, 0.3) is 0 Å². The first-order chi connectivity index (χ1) is 12.6. The zero-order valence-electron chi connectivity index (χ0n) is 14.0. The Bertz CT molecular complexity index is 791. The molecule has 1 amide bonds. The normalized spacial score (nSPS) is 12.8. The monoisotopic (exact) mass is 375 g/mol. The minimum atomic E-state index is -0.485. The van der Waals surface area contributed by atoms with Crippen molar-refractivity contribution < 1.29 is 23.8 Å². The number of nitrogens with one attached hydrogen (secondary N) is 1. The molecule has 6 nitrogen and oxygen atoms in total. The Morgan fingerprint density at radius 2 is 1.77 bits per heavy atom. The van der Waals surface area contributed by atoms with Crippen molar-refractivity contribution in [1.29, 1.82) is 0 Å². The summed E-state index contributed by atoms with van der Waals surface area (Å²) in [6, 6.07) is 12.0. The van der Waals surface area contributed by atoms with E-state index in [1.54, 1.807) is 42.5 Å². The van der Waals surface area contributed by atoms with Crippen LogP contribution >= 0.6 is 11.6 Å². The van der Waals surface area contributed by atoms with Crippen LogP contribution in [0, 0.1) is 0 Å². The highest BCUT2D eigenvalue weighted by atomic mass is 35.5. The van der Waals surface area contributed by atoms with Gasteiger partial charge in [-0.3, -0.25) is 9.59 Å². The first-order valence-corrected chi connectivity index (χ1v) is 8.57. The Morgan fingerprint density at radius 3 is 2.54 bits per heavy atom. The summed E-state index contributed by atoms with van der Waals surface area (Å²) in [7, 11) is 0. The molecule has 1 aliphatic heterocycles. The van der Waals surface area contributed by atoms with Crippen LogP contribution in [0.4, 0.5) is 5.69 Å². The van der Waals surface area contributed by atoms with Gasteiger partial charge in [-0.05, 0) is 29.8 Å². The predicted molar refractivity (Wildman–Crippen MR) is 96.8 cm³/mol. The lowest BCUT2D eigenvalue weighted by Crippen LogP contribution is -2.21. The van der Waals surface area contributed by atoms with E-state index in [4.69, 9.17) is 25.8 Å². The summed E-state index contributed by atoms with van der Waals surface area (Å²) in [4.78, 5) is 23.8. The number of benzene rings is 2. The lowest BCUT2D eigenvalue weighted by Gasteiger charge is -2.10. The highest BCUT2D eigenvalue weighted by Crippen LogP contribution is 2.32. The average molecular weight is 376 g/mol. The van der Waals surface area contributed by atoms with Gasteiger partial charge in [-0.1, -0.05) is 23.7 Å². The Kier molecular flexibility index (Phi) is 5.96. The number of esters is 1. The smallest absolute Gasteiger partial charge is 0.310 e. The van der Waals surface area contributed by atoms with Crippen LogP contribution in [0.1, 0.15) is 12.0 Å². The minimum absolute atomic E-state index is 0.0779. The second-order valence-corrected chi connectivity index (χ2v) is 6.16. The third-order valence-corrected chi connectivity index (χ3v) is 3.91. The van der Waals surface area contributed by atoms with Gasteiger partial charge in [0.2, 0.25) is 0 Å². The van der Waals surface area contributed by atoms with Gasteiger partial charge < -0.3 is 19.5 Å². The second-order valence-electron chi connectivity index (χ2n) is 5.72.